The second-order valence-electron chi connectivity index (χ2n) is 7.63. The van der Waals surface area contributed by atoms with Crippen LogP contribution in [0.2, 0.25) is 0 Å². The van der Waals surface area contributed by atoms with Crippen LogP contribution in [0.1, 0.15) is 24.6 Å². The molecule has 150 valence electrons. The number of morpholine rings is 1. The van der Waals surface area contributed by atoms with E-state index in [9.17, 15) is 9.46 Å². The van der Waals surface area contributed by atoms with Crippen LogP contribution in [0.3, 0.4) is 0 Å². The summed E-state index contributed by atoms with van der Waals surface area (Å²) in [5, 5.41) is 0. The molecule has 0 radical (unpaired) electrons. The van der Waals surface area contributed by atoms with Gasteiger partial charge in [0.2, 0.25) is 0 Å². The summed E-state index contributed by atoms with van der Waals surface area (Å²) in [5.41, 5.74) is 2.93. The molecule has 1 N–H and O–H groups in total. The van der Waals surface area contributed by atoms with Gasteiger partial charge in [-0.05, 0) is 37.3 Å². The number of fused-ring (bicyclic) bond motifs is 1. The number of anilines is 1. The molecule has 0 saturated carbocycles. The number of ether oxygens (including phenoxy) is 1. The molecule has 1 aromatic heterocycles. The second-order valence-corrected chi connectivity index (χ2v) is 9.42. The van der Waals surface area contributed by atoms with Crippen LogP contribution in [-0.4, -0.2) is 47.8 Å². The van der Waals surface area contributed by atoms with Gasteiger partial charge in [0.05, 0.1) is 24.5 Å². The molecule has 1 aliphatic carbocycles. The monoisotopic (exact) mass is 403 g/mol. The minimum atomic E-state index is -3.69. The molecule has 1 aliphatic heterocycles. The van der Waals surface area contributed by atoms with Crippen molar-refractivity contribution < 1.29 is 18.7 Å². The van der Waals surface area contributed by atoms with Crippen molar-refractivity contribution in [2.24, 2.45) is 5.92 Å². The van der Waals surface area contributed by atoms with Crippen LogP contribution in [0, 0.1) is 5.92 Å². The Balaban J connectivity index is 1.82. The zero-order valence-electron chi connectivity index (χ0n) is 16.3. The van der Waals surface area contributed by atoms with Crippen molar-refractivity contribution in [3.63, 3.8) is 0 Å². The first kappa shape index (κ1) is 19.4. The van der Waals surface area contributed by atoms with Gasteiger partial charge in [-0.15, -0.1) is 0 Å². The highest BCUT2D eigenvalue weighted by Gasteiger charge is 2.27. The number of hydrogen-bond acceptors (Lipinski definition) is 6. The molecule has 0 spiro atoms. The molecular formula is C20H26N3O4P. The fourth-order valence-electron chi connectivity index (χ4n) is 3.84. The van der Waals surface area contributed by atoms with Crippen LogP contribution >= 0.6 is 7.60 Å². The van der Waals surface area contributed by atoms with Crippen LogP contribution in [-0.2, 0) is 22.1 Å². The summed E-state index contributed by atoms with van der Waals surface area (Å²) in [6, 6.07) is 7.15. The van der Waals surface area contributed by atoms with E-state index in [2.05, 4.69) is 11.8 Å². The maximum Gasteiger partial charge on any atom is 0.373 e. The van der Waals surface area contributed by atoms with E-state index in [1.165, 1.54) is 12.2 Å². The minimum Gasteiger partial charge on any atom is -0.424 e. The zero-order valence-corrected chi connectivity index (χ0v) is 17.2. The topological polar surface area (TPSA) is 84.8 Å². The van der Waals surface area contributed by atoms with Crippen molar-refractivity contribution in [2.75, 3.05) is 37.9 Å². The van der Waals surface area contributed by atoms with Crippen molar-refractivity contribution >= 4 is 13.4 Å². The van der Waals surface area contributed by atoms with Gasteiger partial charge in [0, 0.05) is 25.3 Å². The lowest BCUT2D eigenvalue weighted by Crippen LogP contribution is -2.38. The Morgan fingerprint density at radius 3 is 2.75 bits per heavy atom. The number of para-hydroxylation sites is 1. The van der Waals surface area contributed by atoms with E-state index in [4.69, 9.17) is 19.2 Å². The Bertz CT molecular complexity index is 908. The molecule has 0 bridgehead atoms. The SMILES string of the molecule is CC1CCc2c(nc(-c3ccccc3OP(C)(=O)O)nc2N2CCOCC2)C1. The Kier molecular flexibility index (Phi) is 5.41. The van der Waals surface area contributed by atoms with Gasteiger partial charge in [0.15, 0.2) is 5.82 Å². The normalized spacial score (nSPS) is 21.7. The van der Waals surface area contributed by atoms with Gasteiger partial charge in [-0.3, -0.25) is 0 Å². The third kappa shape index (κ3) is 4.22. The van der Waals surface area contributed by atoms with E-state index < -0.39 is 7.60 Å². The fraction of sp³-hybridized carbons (Fsp3) is 0.500. The zero-order chi connectivity index (χ0) is 19.7. The summed E-state index contributed by atoms with van der Waals surface area (Å²) in [7, 11) is -3.69. The maximum atomic E-state index is 11.8. The third-order valence-corrected chi connectivity index (χ3v) is 5.74. The first-order valence-electron chi connectivity index (χ1n) is 9.72. The lowest BCUT2D eigenvalue weighted by Gasteiger charge is -2.32. The summed E-state index contributed by atoms with van der Waals surface area (Å²) in [4.78, 5) is 21.7. The van der Waals surface area contributed by atoms with Crippen molar-refractivity contribution in [3.05, 3.63) is 35.5 Å². The molecular weight excluding hydrogens is 377 g/mol. The van der Waals surface area contributed by atoms with E-state index in [-0.39, 0.29) is 0 Å². The smallest absolute Gasteiger partial charge is 0.373 e. The lowest BCUT2D eigenvalue weighted by molar-refractivity contribution is 0.122. The standard InChI is InChI=1S/C20H26N3O4P/c1-14-7-8-15-17(13-14)21-19(22-20(15)23-9-11-26-12-10-23)16-5-3-4-6-18(16)27-28(2,24)25/h3-6,14H,7-13H2,1-2H3,(H,24,25). The van der Waals surface area contributed by atoms with Crippen molar-refractivity contribution in [2.45, 2.75) is 26.2 Å². The van der Waals surface area contributed by atoms with Gasteiger partial charge in [-0.2, -0.15) is 0 Å². The first-order chi connectivity index (χ1) is 13.4. The average molecular weight is 403 g/mol. The molecule has 28 heavy (non-hydrogen) atoms. The largest absolute Gasteiger partial charge is 0.424 e. The lowest BCUT2D eigenvalue weighted by atomic mass is 9.88. The van der Waals surface area contributed by atoms with E-state index in [0.717, 1.165) is 43.9 Å². The summed E-state index contributed by atoms with van der Waals surface area (Å²) in [5.74, 6) is 2.41. The van der Waals surface area contributed by atoms with Crippen LogP contribution in [0.15, 0.2) is 24.3 Å². The number of hydrogen-bond donors (Lipinski definition) is 1. The number of nitrogens with zero attached hydrogens (tertiary/aromatic N) is 3. The Morgan fingerprint density at radius 2 is 2.00 bits per heavy atom. The Labute approximate surface area is 165 Å². The summed E-state index contributed by atoms with van der Waals surface area (Å²) < 4.78 is 22.7. The Hall–Kier alpha value is -1.95. The van der Waals surface area contributed by atoms with Gasteiger partial charge >= 0.3 is 7.60 Å². The van der Waals surface area contributed by atoms with Gasteiger partial charge in [-0.1, -0.05) is 19.1 Å². The van der Waals surface area contributed by atoms with E-state index in [1.807, 2.05) is 12.1 Å². The molecule has 2 atom stereocenters. The van der Waals surface area contributed by atoms with E-state index in [1.54, 1.807) is 12.1 Å². The van der Waals surface area contributed by atoms with Crippen molar-refractivity contribution in [1.29, 1.82) is 0 Å². The molecule has 1 saturated heterocycles. The summed E-state index contributed by atoms with van der Waals surface area (Å²) in [6.45, 7) is 6.41. The molecule has 2 heterocycles. The molecule has 2 aromatic rings. The minimum absolute atomic E-state index is 0.326. The van der Waals surface area contributed by atoms with Crippen LogP contribution < -0.4 is 9.42 Å². The highest BCUT2D eigenvalue weighted by Crippen LogP contribution is 2.42. The molecule has 1 fully saturated rings. The molecule has 0 amide bonds. The van der Waals surface area contributed by atoms with Crippen LogP contribution in [0.25, 0.3) is 11.4 Å². The number of rotatable bonds is 4. The molecule has 2 unspecified atom stereocenters. The molecule has 1 aromatic carbocycles. The maximum absolute atomic E-state index is 11.8. The van der Waals surface area contributed by atoms with Crippen molar-refractivity contribution in [1.82, 2.24) is 9.97 Å². The van der Waals surface area contributed by atoms with Gasteiger partial charge in [0.1, 0.15) is 11.6 Å². The average Bonchev–Trinajstić information content (AvgIpc) is 2.67. The van der Waals surface area contributed by atoms with Crippen molar-refractivity contribution in [3.8, 4) is 17.1 Å². The molecule has 2 aliphatic rings. The first-order valence-corrected chi connectivity index (χ1v) is 11.7. The van der Waals surface area contributed by atoms with Crippen LogP contribution in [0.4, 0.5) is 5.82 Å². The highest BCUT2D eigenvalue weighted by molar-refractivity contribution is 7.52. The predicted molar refractivity (Wildman–Crippen MR) is 108 cm³/mol. The molecule has 8 heteroatoms. The Morgan fingerprint density at radius 1 is 1.25 bits per heavy atom. The second kappa shape index (κ2) is 7.82. The predicted octanol–water partition coefficient (Wildman–Crippen LogP) is 3.30. The number of benzene rings is 1. The van der Waals surface area contributed by atoms with Gasteiger partial charge < -0.3 is 19.1 Å². The number of aromatic nitrogens is 2. The quantitative estimate of drug-likeness (QED) is 0.784. The van der Waals surface area contributed by atoms with E-state index in [0.29, 0.717) is 36.3 Å². The molecule has 7 nitrogen and oxygen atoms in total. The van der Waals surface area contributed by atoms with Gasteiger partial charge in [-0.25, -0.2) is 14.5 Å². The fourth-order valence-corrected chi connectivity index (χ4v) is 4.36. The summed E-state index contributed by atoms with van der Waals surface area (Å²) in [6.07, 6.45) is 3.02. The summed E-state index contributed by atoms with van der Waals surface area (Å²) >= 11 is 0. The highest BCUT2D eigenvalue weighted by atomic mass is 31.2. The van der Waals surface area contributed by atoms with Gasteiger partial charge in [0.25, 0.3) is 0 Å². The third-order valence-electron chi connectivity index (χ3n) is 5.21. The van der Waals surface area contributed by atoms with Crippen LogP contribution in [0.5, 0.6) is 5.75 Å². The van der Waals surface area contributed by atoms with E-state index >= 15 is 0 Å². The molecule has 4 rings (SSSR count).